The summed E-state index contributed by atoms with van der Waals surface area (Å²) in [5.41, 5.74) is 7.11. The molecule has 6 heteroatoms. The Morgan fingerprint density at radius 3 is 2.87 bits per heavy atom. The lowest BCUT2D eigenvalue weighted by Gasteiger charge is -2.14. The van der Waals surface area contributed by atoms with Crippen LogP contribution in [0.3, 0.4) is 0 Å². The zero-order valence-corrected chi connectivity index (χ0v) is 13.7. The molecule has 0 unspecified atom stereocenters. The van der Waals surface area contributed by atoms with Crippen LogP contribution >= 0.6 is 23.4 Å². The molecule has 114 valence electrons. The third kappa shape index (κ3) is 2.98. The zero-order chi connectivity index (χ0) is 15.6. The van der Waals surface area contributed by atoms with E-state index in [-0.39, 0.29) is 0 Å². The average Bonchev–Trinajstić information content (AvgIpc) is 3.00. The van der Waals surface area contributed by atoms with Crippen LogP contribution < -0.4 is 5.43 Å². The average molecular weight is 341 g/mol. The van der Waals surface area contributed by atoms with Crippen molar-refractivity contribution in [3.63, 3.8) is 0 Å². The largest absolute Gasteiger partial charge is 0.360 e. The van der Waals surface area contributed by atoms with E-state index in [0.717, 1.165) is 33.4 Å². The summed E-state index contributed by atoms with van der Waals surface area (Å²) in [4.78, 5) is 7.81. The summed E-state index contributed by atoms with van der Waals surface area (Å²) in [5.74, 6) is 0.772. The van der Waals surface area contributed by atoms with E-state index in [1.165, 1.54) is 5.39 Å². The van der Waals surface area contributed by atoms with Crippen molar-refractivity contribution in [2.75, 3.05) is 5.75 Å². The highest BCUT2D eigenvalue weighted by Gasteiger charge is 2.16. The molecule has 0 atom stereocenters. The second kappa shape index (κ2) is 6.10. The van der Waals surface area contributed by atoms with Crippen LogP contribution in [0.4, 0.5) is 5.69 Å². The molecule has 0 saturated carbocycles. The normalized spacial score (nSPS) is 16.4. The SMILES string of the molecule is Clc1cccc(N=C2NN=C(c3c[nH]c4ccccc34)CS2)c1. The highest BCUT2D eigenvalue weighted by Crippen LogP contribution is 2.24. The molecule has 2 heterocycles. The van der Waals surface area contributed by atoms with Crippen molar-refractivity contribution in [1.29, 1.82) is 0 Å². The van der Waals surface area contributed by atoms with Crippen LogP contribution in [0.25, 0.3) is 10.9 Å². The van der Waals surface area contributed by atoms with E-state index in [9.17, 15) is 0 Å². The summed E-state index contributed by atoms with van der Waals surface area (Å²) in [6, 6.07) is 15.7. The Hall–Kier alpha value is -2.24. The number of aliphatic imine (C=N–C) groups is 1. The van der Waals surface area contributed by atoms with E-state index in [4.69, 9.17) is 11.6 Å². The summed E-state index contributed by atoms with van der Waals surface area (Å²) in [6.45, 7) is 0. The number of thioether (sulfide) groups is 1. The van der Waals surface area contributed by atoms with Crippen molar-refractivity contribution < 1.29 is 0 Å². The molecule has 0 fully saturated rings. The highest BCUT2D eigenvalue weighted by molar-refractivity contribution is 8.14. The Labute approximate surface area is 142 Å². The molecular formula is C17H13ClN4S. The van der Waals surface area contributed by atoms with Gasteiger partial charge < -0.3 is 4.98 Å². The van der Waals surface area contributed by atoms with Gasteiger partial charge in [0.2, 0.25) is 0 Å². The highest BCUT2D eigenvalue weighted by atomic mass is 35.5. The first-order valence-electron chi connectivity index (χ1n) is 7.16. The fraction of sp³-hybridized carbons (Fsp3) is 0.0588. The Morgan fingerprint density at radius 2 is 2.04 bits per heavy atom. The first kappa shape index (κ1) is 14.4. The van der Waals surface area contributed by atoms with Crippen LogP contribution in [0.15, 0.2) is 64.8 Å². The number of H-pyrrole nitrogens is 1. The van der Waals surface area contributed by atoms with Gasteiger partial charge >= 0.3 is 0 Å². The number of fused-ring (bicyclic) bond motifs is 1. The van der Waals surface area contributed by atoms with Gasteiger partial charge in [-0.15, -0.1) is 0 Å². The van der Waals surface area contributed by atoms with Crippen molar-refractivity contribution in [3.05, 3.63) is 65.3 Å². The number of para-hydroxylation sites is 1. The number of benzene rings is 2. The molecule has 0 amide bonds. The Balaban J connectivity index is 1.60. The molecule has 3 aromatic rings. The first-order chi connectivity index (χ1) is 11.3. The number of rotatable bonds is 2. The second-order valence-electron chi connectivity index (χ2n) is 5.10. The molecule has 0 aliphatic carbocycles. The molecule has 1 aliphatic heterocycles. The molecule has 0 radical (unpaired) electrons. The van der Waals surface area contributed by atoms with Gasteiger partial charge in [-0.25, -0.2) is 4.99 Å². The van der Waals surface area contributed by atoms with Crippen LogP contribution in [0.5, 0.6) is 0 Å². The van der Waals surface area contributed by atoms with Crippen LogP contribution in [-0.4, -0.2) is 21.6 Å². The van der Waals surface area contributed by atoms with Gasteiger partial charge in [0.1, 0.15) is 0 Å². The number of nitrogens with one attached hydrogen (secondary N) is 2. The molecule has 4 rings (SSSR count). The number of nitrogens with zero attached hydrogens (tertiary/aromatic N) is 2. The third-order valence-electron chi connectivity index (χ3n) is 3.57. The number of aromatic amines is 1. The third-order valence-corrected chi connectivity index (χ3v) is 4.68. The minimum atomic E-state index is 0.677. The smallest absolute Gasteiger partial charge is 0.182 e. The standard InChI is InChI=1S/C17H13ClN4S/c18-11-4-3-5-12(8-11)20-17-22-21-16(10-23-17)14-9-19-15-7-2-1-6-13(14)15/h1-9,19H,10H2,(H,20,22). The van der Waals surface area contributed by atoms with Crippen molar-refractivity contribution in [3.8, 4) is 0 Å². The maximum absolute atomic E-state index is 5.98. The number of hydrogen-bond acceptors (Lipinski definition) is 3. The lowest BCUT2D eigenvalue weighted by molar-refractivity contribution is 1.03. The van der Waals surface area contributed by atoms with Gasteiger partial charge in [-0.3, -0.25) is 5.43 Å². The predicted molar refractivity (Wildman–Crippen MR) is 99.0 cm³/mol. The second-order valence-corrected chi connectivity index (χ2v) is 6.50. The lowest BCUT2D eigenvalue weighted by Crippen LogP contribution is -2.25. The lowest BCUT2D eigenvalue weighted by atomic mass is 10.1. The first-order valence-corrected chi connectivity index (χ1v) is 8.52. The van der Waals surface area contributed by atoms with Gasteiger partial charge in [0.25, 0.3) is 0 Å². The fourth-order valence-electron chi connectivity index (χ4n) is 2.49. The summed E-state index contributed by atoms with van der Waals surface area (Å²) < 4.78 is 0. The minimum absolute atomic E-state index is 0.677. The van der Waals surface area contributed by atoms with Crippen LogP contribution in [0.2, 0.25) is 5.02 Å². The molecular weight excluding hydrogens is 328 g/mol. The molecule has 0 saturated heterocycles. The summed E-state index contributed by atoms with van der Waals surface area (Å²) >= 11 is 7.61. The summed E-state index contributed by atoms with van der Waals surface area (Å²) in [5, 5.41) is 7.12. The van der Waals surface area contributed by atoms with Gasteiger partial charge in [0.15, 0.2) is 5.17 Å². The molecule has 2 N–H and O–H groups in total. The summed E-state index contributed by atoms with van der Waals surface area (Å²) in [6.07, 6.45) is 2.00. The minimum Gasteiger partial charge on any atom is -0.360 e. The van der Waals surface area contributed by atoms with E-state index in [0.29, 0.717) is 5.02 Å². The van der Waals surface area contributed by atoms with Gasteiger partial charge in [-0.05, 0) is 24.3 Å². The predicted octanol–water partition coefficient (Wildman–Crippen LogP) is 4.55. The van der Waals surface area contributed by atoms with Crippen LogP contribution in [0.1, 0.15) is 5.56 Å². The van der Waals surface area contributed by atoms with E-state index >= 15 is 0 Å². The quantitative estimate of drug-likeness (QED) is 0.719. The maximum atomic E-state index is 5.98. The molecule has 1 aliphatic rings. The maximum Gasteiger partial charge on any atom is 0.182 e. The molecule has 23 heavy (non-hydrogen) atoms. The van der Waals surface area contributed by atoms with Gasteiger partial charge in [0, 0.05) is 33.4 Å². The molecule has 0 bridgehead atoms. The number of hydrogen-bond donors (Lipinski definition) is 2. The number of hydrazone groups is 1. The Kier molecular flexibility index (Phi) is 3.81. The van der Waals surface area contributed by atoms with Crippen molar-refractivity contribution in [1.82, 2.24) is 10.4 Å². The molecule has 4 nitrogen and oxygen atoms in total. The molecule has 1 aromatic heterocycles. The topological polar surface area (TPSA) is 52.5 Å². The number of aromatic nitrogens is 1. The fourth-order valence-corrected chi connectivity index (χ4v) is 3.44. The van der Waals surface area contributed by atoms with E-state index < -0.39 is 0 Å². The number of halogens is 1. The van der Waals surface area contributed by atoms with E-state index in [1.54, 1.807) is 11.8 Å². The van der Waals surface area contributed by atoms with Crippen molar-refractivity contribution >= 4 is 50.8 Å². The zero-order valence-electron chi connectivity index (χ0n) is 12.1. The van der Waals surface area contributed by atoms with E-state index in [2.05, 4.69) is 32.6 Å². The van der Waals surface area contributed by atoms with Gasteiger partial charge in [-0.1, -0.05) is 47.6 Å². The van der Waals surface area contributed by atoms with Crippen LogP contribution in [-0.2, 0) is 0 Å². The van der Waals surface area contributed by atoms with E-state index in [1.807, 2.05) is 42.6 Å². The van der Waals surface area contributed by atoms with Crippen molar-refractivity contribution in [2.45, 2.75) is 0 Å². The van der Waals surface area contributed by atoms with Crippen LogP contribution in [0, 0.1) is 0 Å². The molecule has 2 aromatic carbocycles. The molecule has 0 spiro atoms. The summed E-state index contributed by atoms with van der Waals surface area (Å²) in [7, 11) is 0. The van der Waals surface area contributed by atoms with Crippen molar-refractivity contribution in [2.24, 2.45) is 10.1 Å². The monoisotopic (exact) mass is 340 g/mol. The Morgan fingerprint density at radius 1 is 1.13 bits per heavy atom. The number of amidine groups is 1. The van der Waals surface area contributed by atoms with Gasteiger partial charge in [0.05, 0.1) is 11.4 Å². The Bertz CT molecular complexity index is 929. The van der Waals surface area contributed by atoms with Gasteiger partial charge in [-0.2, -0.15) is 5.10 Å².